The maximum absolute atomic E-state index is 13.7. The summed E-state index contributed by atoms with van der Waals surface area (Å²) >= 11 is 0. The molecule has 1 N–H and O–H groups in total. The Bertz CT molecular complexity index is 1150. The molecule has 0 spiro atoms. The molecule has 0 fully saturated rings. The van der Waals surface area contributed by atoms with Crippen LogP contribution in [-0.4, -0.2) is 37.0 Å². The van der Waals surface area contributed by atoms with Crippen LogP contribution in [0.3, 0.4) is 0 Å². The van der Waals surface area contributed by atoms with E-state index < -0.39 is 29.6 Å². The second kappa shape index (κ2) is 9.24. The number of nitrogens with one attached hydrogen (secondary N) is 1. The number of anilines is 1. The van der Waals surface area contributed by atoms with E-state index in [-0.39, 0.29) is 5.69 Å². The molecule has 2 aromatic carbocycles. The highest BCUT2D eigenvalue weighted by Crippen LogP contribution is 2.40. The smallest absolute Gasteiger partial charge is 0.267 e. The summed E-state index contributed by atoms with van der Waals surface area (Å²) in [5, 5.41) is 6.49. The summed E-state index contributed by atoms with van der Waals surface area (Å²) < 4.78 is 43.6. The van der Waals surface area contributed by atoms with Crippen molar-refractivity contribution >= 4 is 11.6 Å². The molecule has 0 aliphatic carbocycles. The van der Waals surface area contributed by atoms with Crippen molar-refractivity contribution in [2.75, 3.05) is 26.6 Å². The van der Waals surface area contributed by atoms with Crippen molar-refractivity contribution < 1.29 is 27.8 Å². The minimum atomic E-state index is -0.931. The fraction of sp³-hybridized carbons (Fsp3) is 0.190. The van der Waals surface area contributed by atoms with Crippen molar-refractivity contribution in [3.05, 3.63) is 64.5 Å². The van der Waals surface area contributed by atoms with Crippen molar-refractivity contribution in [2.24, 2.45) is 0 Å². The number of nitrogens with zero attached hydrogens (tertiary/aromatic N) is 2. The number of amides is 1. The van der Waals surface area contributed by atoms with Crippen LogP contribution < -0.4 is 25.1 Å². The SMILES string of the molecule is COc1cc(-c2ccc(=O)n(CC(=O)Nc3ccc(F)cc3F)n2)cc(OC)c1OC. The first-order valence-electron chi connectivity index (χ1n) is 8.99. The molecule has 10 heteroatoms. The molecular weight excluding hydrogens is 412 g/mol. The van der Waals surface area contributed by atoms with Crippen LogP contribution in [0.4, 0.5) is 14.5 Å². The third-order valence-electron chi connectivity index (χ3n) is 4.33. The molecule has 162 valence electrons. The van der Waals surface area contributed by atoms with E-state index in [4.69, 9.17) is 14.2 Å². The molecule has 0 bridgehead atoms. The van der Waals surface area contributed by atoms with E-state index in [1.165, 1.54) is 33.5 Å². The van der Waals surface area contributed by atoms with Crippen LogP contribution in [0.15, 0.2) is 47.3 Å². The Morgan fingerprint density at radius 3 is 2.26 bits per heavy atom. The Morgan fingerprint density at radius 1 is 1.00 bits per heavy atom. The maximum Gasteiger partial charge on any atom is 0.267 e. The Kier molecular flexibility index (Phi) is 6.49. The van der Waals surface area contributed by atoms with E-state index in [9.17, 15) is 18.4 Å². The average molecular weight is 431 g/mol. The normalized spacial score (nSPS) is 10.5. The molecule has 3 rings (SSSR count). The Balaban J connectivity index is 1.90. The van der Waals surface area contributed by atoms with Gasteiger partial charge in [-0.05, 0) is 30.3 Å². The number of aromatic nitrogens is 2. The summed E-state index contributed by atoms with van der Waals surface area (Å²) in [7, 11) is 4.41. The lowest BCUT2D eigenvalue weighted by Gasteiger charge is -2.14. The number of benzene rings is 2. The number of ether oxygens (including phenoxy) is 3. The van der Waals surface area contributed by atoms with Gasteiger partial charge >= 0.3 is 0 Å². The topological polar surface area (TPSA) is 91.7 Å². The molecule has 0 aliphatic heterocycles. The third-order valence-corrected chi connectivity index (χ3v) is 4.33. The van der Waals surface area contributed by atoms with Crippen molar-refractivity contribution in [3.63, 3.8) is 0 Å². The lowest BCUT2D eigenvalue weighted by Crippen LogP contribution is -2.29. The van der Waals surface area contributed by atoms with Gasteiger partial charge in [0.05, 0.1) is 32.7 Å². The predicted octanol–water partition coefficient (Wildman–Crippen LogP) is 2.85. The molecule has 0 saturated heterocycles. The minimum absolute atomic E-state index is 0.208. The molecule has 0 aliphatic rings. The molecule has 3 aromatic rings. The van der Waals surface area contributed by atoms with E-state index in [0.29, 0.717) is 34.6 Å². The molecular formula is C21H19F2N3O5. The zero-order valence-electron chi connectivity index (χ0n) is 16.9. The van der Waals surface area contributed by atoms with E-state index in [2.05, 4.69) is 10.4 Å². The van der Waals surface area contributed by atoms with Gasteiger partial charge in [0.25, 0.3) is 5.56 Å². The van der Waals surface area contributed by atoms with Gasteiger partial charge < -0.3 is 19.5 Å². The number of rotatable bonds is 7. The Hall–Kier alpha value is -3.95. The fourth-order valence-electron chi connectivity index (χ4n) is 2.86. The molecule has 8 nitrogen and oxygen atoms in total. The largest absolute Gasteiger partial charge is 0.493 e. The van der Waals surface area contributed by atoms with Gasteiger partial charge in [-0.3, -0.25) is 9.59 Å². The first kappa shape index (κ1) is 21.8. The summed E-state index contributed by atoms with van der Waals surface area (Å²) in [5.41, 5.74) is 0.166. The van der Waals surface area contributed by atoms with Crippen LogP contribution in [0, 0.1) is 11.6 Å². The van der Waals surface area contributed by atoms with Crippen LogP contribution >= 0.6 is 0 Å². The van der Waals surface area contributed by atoms with E-state index in [0.717, 1.165) is 16.8 Å². The van der Waals surface area contributed by atoms with Crippen LogP contribution in [0.2, 0.25) is 0 Å². The van der Waals surface area contributed by atoms with Gasteiger partial charge in [0.2, 0.25) is 11.7 Å². The van der Waals surface area contributed by atoms with Crippen molar-refractivity contribution in [2.45, 2.75) is 6.54 Å². The van der Waals surface area contributed by atoms with Gasteiger partial charge in [-0.25, -0.2) is 13.5 Å². The number of carbonyl (C=O) groups is 1. The highest BCUT2D eigenvalue weighted by molar-refractivity contribution is 5.90. The lowest BCUT2D eigenvalue weighted by molar-refractivity contribution is -0.117. The number of hydrogen-bond acceptors (Lipinski definition) is 6. The van der Waals surface area contributed by atoms with Crippen molar-refractivity contribution in [3.8, 4) is 28.5 Å². The van der Waals surface area contributed by atoms with Crippen molar-refractivity contribution in [1.82, 2.24) is 9.78 Å². The highest BCUT2D eigenvalue weighted by Gasteiger charge is 2.16. The van der Waals surface area contributed by atoms with Crippen LogP contribution in [0.25, 0.3) is 11.3 Å². The number of carbonyl (C=O) groups excluding carboxylic acids is 1. The number of halogens is 2. The van der Waals surface area contributed by atoms with Crippen molar-refractivity contribution in [1.29, 1.82) is 0 Å². The standard InChI is InChI=1S/C21H19F2N3O5/c1-29-17-8-12(9-18(30-2)21(17)31-3)15-6-7-20(28)26(25-15)11-19(27)24-16-5-4-13(22)10-14(16)23/h4-10H,11H2,1-3H3,(H,24,27). The summed E-state index contributed by atoms with van der Waals surface area (Å²) in [4.78, 5) is 24.5. The fourth-order valence-corrected chi connectivity index (χ4v) is 2.86. The number of methoxy groups -OCH3 is 3. The lowest BCUT2D eigenvalue weighted by atomic mass is 10.1. The molecule has 0 atom stereocenters. The Labute approximate surface area is 176 Å². The summed E-state index contributed by atoms with van der Waals surface area (Å²) in [6.45, 7) is -0.478. The summed E-state index contributed by atoms with van der Waals surface area (Å²) in [5.74, 6) is -1.24. The molecule has 1 amide bonds. The Morgan fingerprint density at radius 2 is 1.68 bits per heavy atom. The van der Waals surface area contributed by atoms with Crippen LogP contribution in [0.1, 0.15) is 0 Å². The molecule has 1 heterocycles. The average Bonchev–Trinajstić information content (AvgIpc) is 2.76. The van der Waals surface area contributed by atoms with Gasteiger partial charge in [0, 0.05) is 17.7 Å². The summed E-state index contributed by atoms with van der Waals surface area (Å²) in [6, 6.07) is 8.76. The zero-order valence-corrected chi connectivity index (χ0v) is 16.9. The predicted molar refractivity (Wildman–Crippen MR) is 109 cm³/mol. The molecule has 0 unspecified atom stereocenters. The zero-order chi connectivity index (χ0) is 22.5. The van der Waals surface area contributed by atoms with Crippen LogP contribution in [0.5, 0.6) is 17.2 Å². The van der Waals surface area contributed by atoms with Gasteiger partial charge in [0.1, 0.15) is 18.2 Å². The van der Waals surface area contributed by atoms with Crippen LogP contribution in [-0.2, 0) is 11.3 Å². The van der Waals surface area contributed by atoms with Gasteiger partial charge in [-0.2, -0.15) is 5.10 Å². The third kappa shape index (κ3) is 4.80. The first-order chi connectivity index (χ1) is 14.9. The van der Waals surface area contributed by atoms with Gasteiger partial charge in [-0.15, -0.1) is 0 Å². The molecule has 0 radical (unpaired) electrons. The second-order valence-corrected chi connectivity index (χ2v) is 6.30. The molecule has 31 heavy (non-hydrogen) atoms. The minimum Gasteiger partial charge on any atom is -0.493 e. The molecule has 1 aromatic heterocycles. The first-order valence-corrected chi connectivity index (χ1v) is 8.99. The maximum atomic E-state index is 13.7. The quantitative estimate of drug-likeness (QED) is 0.619. The highest BCUT2D eigenvalue weighted by atomic mass is 19.1. The van der Waals surface area contributed by atoms with E-state index in [1.54, 1.807) is 12.1 Å². The van der Waals surface area contributed by atoms with E-state index in [1.807, 2.05) is 0 Å². The van der Waals surface area contributed by atoms with Gasteiger partial charge in [-0.1, -0.05) is 0 Å². The monoisotopic (exact) mass is 431 g/mol. The summed E-state index contributed by atoms with van der Waals surface area (Å²) in [6.07, 6.45) is 0. The second-order valence-electron chi connectivity index (χ2n) is 6.30. The molecule has 0 saturated carbocycles. The van der Waals surface area contributed by atoms with Gasteiger partial charge in [0.15, 0.2) is 11.5 Å². The van der Waals surface area contributed by atoms with E-state index >= 15 is 0 Å². The number of hydrogen-bond donors (Lipinski definition) is 1.